The molecule has 1 rings (SSSR count). The first-order valence-electron chi connectivity index (χ1n) is 6.39. The summed E-state index contributed by atoms with van der Waals surface area (Å²) in [4.78, 5) is 9.87. The molecular weight excluding hydrogens is 298 g/mol. The second kappa shape index (κ2) is 6.83. The number of aliphatic hydroxyl groups excluding tert-OH is 1. The number of nitro groups is 1. The third kappa shape index (κ3) is 3.69. The Morgan fingerprint density at radius 3 is 2.52 bits per heavy atom. The highest BCUT2D eigenvalue weighted by atomic mass is 32.2. The van der Waals surface area contributed by atoms with E-state index in [1.807, 2.05) is 0 Å². The summed E-state index contributed by atoms with van der Waals surface area (Å²) in [5, 5.41) is 20.0. The van der Waals surface area contributed by atoms with Gasteiger partial charge in [-0.3, -0.25) is 10.1 Å². The molecule has 9 heteroatoms. The lowest BCUT2D eigenvalue weighted by atomic mass is 10.3. The summed E-state index contributed by atoms with van der Waals surface area (Å²) in [6.45, 7) is 3.22. The summed E-state index contributed by atoms with van der Waals surface area (Å²) in [5.41, 5.74) is 4.71. The Morgan fingerprint density at radius 2 is 2.05 bits per heavy atom. The number of aliphatic hydroxyl groups is 1. The maximum Gasteiger partial charge on any atom is 0.312 e. The van der Waals surface area contributed by atoms with Gasteiger partial charge >= 0.3 is 5.69 Å². The van der Waals surface area contributed by atoms with E-state index in [1.54, 1.807) is 13.8 Å². The van der Waals surface area contributed by atoms with Gasteiger partial charge in [0.15, 0.2) is 4.90 Å². The molecule has 1 aromatic carbocycles. The second-order valence-electron chi connectivity index (χ2n) is 4.74. The number of nitrogen functional groups attached to an aromatic ring is 1. The minimum Gasteiger partial charge on any atom is -0.396 e. The van der Waals surface area contributed by atoms with Crippen molar-refractivity contribution in [3.8, 4) is 0 Å². The Morgan fingerprint density at radius 1 is 1.43 bits per heavy atom. The third-order valence-corrected chi connectivity index (χ3v) is 5.02. The van der Waals surface area contributed by atoms with E-state index in [2.05, 4.69) is 0 Å². The Labute approximate surface area is 123 Å². The summed E-state index contributed by atoms with van der Waals surface area (Å²) in [6, 6.07) is 3.41. The number of sulfonamides is 1. The lowest BCUT2D eigenvalue weighted by Crippen LogP contribution is -2.38. The van der Waals surface area contributed by atoms with Crippen molar-refractivity contribution in [3.63, 3.8) is 0 Å². The summed E-state index contributed by atoms with van der Waals surface area (Å²) >= 11 is 0. The topological polar surface area (TPSA) is 127 Å². The molecule has 0 heterocycles. The largest absolute Gasteiger partial charge is 0.396 e. The molecule has 0 spiro atoms. The molecule has 1 aromatic rings. The predicted octanol–water partition coefficient (Wildman–Crippen LogP) is 0.959. The Hall–Kier alpha value is -1.71. The Kier molecular flexibility index (Phi) is 5.64. The molecule has 0 bridgehead atoms. The van der Waals surface area contributed by atoms with E-state index in [9.17, 15) is 18.5 Å². The average Bonchev–Trinajstić information content (AvgIpc) is 2.37. The zero-order valence-corrected chi connectivity index (χ0v) is 12.7. The summed E-state index contributed by atoms with van der Waals surface area (Å²) in [7, 11) is -4.07. The number of hydrogen-bond donors (Lipinski definition) is 2. The Bertz CT molecular complexity index is 615. The van der Waals surface area contributed by atoms with Gasteiger partial charge in [0, 0.05) is 19.2 Å². The fourth-order valence-corrected chi connectivity index (χ4v) is 3.82. The van der Waals surface area contributed by atoms with E-state index >= 15 is 0 Å². The number of rotatable bonds is 7. The molecule has 21 heavy (non-hydrogen) atoms. The smallest absolute Gasteiger partial charge is 0.312 e. The van der Waals surface area contributed by atoms with E-state index in [4.69, 9.17) is 10.8 Å². The number of nitrogens with zero attached hydrogens (tertiary/aromatic N) is 2. The molecule has 118 valence electrons. The highest BCUT2D eigenvalue weighted by molar-refractivity contribution is 7.89. The van der Waals surface area contributed by atoms with Gasteiger partial charge in [-0.1, -0.05) is 6.07 Å². The maximum atomic E-state index is 12.6. The molecule has 3 N–H and O–H groups in total. The van der Waals surface area contributed by atoms with Crippen molar-refractivity contribution in [1.82, 2.24) is 4.31 Å². The van der Waals surface area contributed by atoms with E-state index < -0.39 is 31.6 Å². The first-order valence-corrected chi connectivity index (χ1v) is 7.83. The van der Waals surface area contributed by atoms with Crippen LogP contribution < -0.4 is 5.73 Å². The van der Waals surface area contributed by atoms with Crippen LogP contribution in [-0.2, 0) is 10.0 Å². The number of anilines is 1. The van der Waals surface area contributed by atoms with Crippen molar-refractivity contribution in [3.05, 3.63) is 28.3 Å². The number of nitrogens with two attached hydrogens (primary N) is 1. The number of hydrogen-bond acceptors (Lipinski definition) is 6. The normalized spacial score (nSPS) is 12.0. The molecule has 0 unspecified atom stereocenters. The minimum absolute atomic E-state index is 0.0719. The molecule has 0 aromatic heterocycles. The molecule has 0 radical (unpaired) electrons. The highest BCUT2D eigenvalue weighted by Crippen LogP contribution is 2.32. The van der Waals surface area contributed by atoms with Crippen molar-refractivity contribution in [2.24, 2.45) is 0 Å². The predicted molar refractivity (Wildman–Crippen MR) is 78.2 cm³/mol. The molecule has 0 fully saturated rings. The molecule has 0 aliphatic rings. The van der Waals surface area contributed by atoms with Crippen LogP contribution in [-0.4, -0.2) is 41.9 Å². The summed E-state index contributed by atoms with van der Waals surface area (Å²) < 4.78 is 26.4. The van der Waals surface area contributed by atoms with Crippen molar-refractivity contribution in [2.45, 2.75) is 31.2 Å². The van der Waals surface area contributed by atoms with Crippen molar-refractivity contribution < 1.29 is 18.4 Å². The van der Waals surface area contributed by atoms with Crippen LogP contribution in [0.5, 0.6) is 0 Å². The van der Waals surface area contributed by atoms with Gasteiger partial charge in [0.25, 0.3) is 0 Å². The van der Waals surface area contributed by atoms with Crippen LogP contribution in [0.4, 0.5) is 11.4 Å². The number of para-hydroxylation sites is 1. The fourth-order valence-electron chi connectivity index (χ4n) is 1.95. The standard InChI is InChI=1S/C12H19N3O5S/c1-9(2)14(7-4-8-16)21(19,20)11-6-3-5-10(13)12(11)15(17)18/h3,5-6,9,16H,4,7-8,13H2,1-2H3. The lowest BCUT2D eigenvalue weighted by Gasteiger charge is -2.25. The zero-order valence-electron chi connectivity index (χ0n) is 11.9. The van der Waals surface area contributed by atoms with E-state index in [0.717, 1.165) is 10.4 Å². The van der Waals surface area contributed by atoms with Gasteiger partial charge in [0.1, 0.15) is 5.69 Å². The van der Waals surface area contributed by atoms with E-state index in [0.29, 0.717) is 0 Å². The van der Waals surface area contributed by atoms with Crippen LogP contribution in [0, 0.1) is 10.1 Å². The molecule has 0 aliphatic carbocycles. The third-order valence-electron chi connectivity index (χ3n) is 2.91. The molecule has 0 amide bonds. The van der Waals surface area contributed by atoms with Crippen LogP contribution in [0.25, 0.3) is 0 Å². The molecule has 0 atom stereocenters. The van der Waals surface area contributed by atoms with Crippen molar-refractivity contribution in [1.29, 1.82) is 0 Å². The van der Waals surface area contributed by atoms with Crippen LogP contribution in [0.3, 0.4) is 0 Å². The van der Waals surface area contributed by atoms with Crippen LogP contribution in [0.1, 0.15) is 20.3 Å². The number of nitro benzene ring substituents is 1. The zero-order chi connectivity index (χ0) is 16.2. The fraction of sp³-hybridized carbons (Fsp3) is 0.500. The van der Waals surface area contributed by atoms with Gasteiger partial charge in [-0.2, -0.15) is 4.31 Å². The molecule has 0 saturated heterocycles. The van der Waals surface area contributed by atoms with Crippen LogP contribution in [0.15, 0.2) is 23.1 Å². The highest BCUT2D eigenvalue weighted by Gasteiger charge is 2.34. The van der Waals surface area contributed by atoms with Gasteiger partial charge in [0.05, 0.1) is 4.92 Å². The second-order valence-corrected chi connectivity index (χ2v) is 6.60. The van der Waals surface area contributed by atoms with Gasteiger partial charge in [-0.05, 0) is 32.4 Å². The van der Waals surface area contributed by atoms with Crippen LogP contribution >= 0.6 is 0 Å². The average molecular weight is 317 g/mol. The SMILES string of the molecule is CC(C)N(CCCO)S(=O)(=O)c1cccc(N)c1[N+](=O)[O-]. The van der Waals surface area contributed by atoms with Gasteiger partial charge in [-0.25, -0.2) is 8.42 Å². The first kappa shape index (κ1) is 17.3. The summed E-state index contributed by atoms with van der Waals surface area (Å²) in [6.07, 6.45) is 0.244. The van der Waals surface area contributed by atoms with Gasteiger partial charge < -0.3 is 10.8 Å². The van der Waals surface area contributed by atoms with Crippen molar-refractivity contribution in [2.75, 3.05) is 18.9 Å². The van der Waals surface area contributed by atoms with E-state index in [-0.39, 0.29) is 25.3 Å². The Balaban J connectivity index is 3.42. The molecule has 0 aliphatic heterocycles. The summed E-state index contributed by atoms with van der Waals surface area (Å²) in [5.74, 6) is 0. The van der Waals surface area contributed by atoms with Crippen molar-refractivity contribution >= 4 is 21.4 Å². The molecule has 0 saturated carbocycles. The lowest BCUT2D eigenvalue weighted by molar-refractivity contribution is -0.386. The number of benzene rings is 1. The van der Waals surface area contributed by atoms with Crippen LogP contribution in [0.2, 0.25) is 0 Å². The van der Waals surface area contributed by atoms with Gasteiger partial charge in [-0.15, -0.1) is 0 Å². The first-order chi connectivity index (χ1) is 9.73. The maximum absolute atomic E-state index is 12.6. The molecule has 8 nitrogen and oxygen atoms in total. The van der Waals surface area contributed by atoms with E-state index in [1.165, 1.54) is 12.1 Å². The minimum atomic E-state index is -4.07. The monoisotopic (exact) mass is 317 g/mol. The van der Waals surface area contributed by atoms with Gasteiger partial charge in [0.2, 0.25) is 10.0 Å². The quantitative estimate of drug-likeness (QED) is 0.438. The molecular formula is C12H19N3O5S.